The first kappa shape index (κ1) is 14.8. The number of benzene rings is 1. The van der Waals surface area contributed by atoms with E-state index >= 15 is 0 Å². The fraction of sp³-hybridized carbons (Fsp3) is 0.267. The van der Waals surface area contributed by atoms with E-state index in [2.05, 4.69) is 10.3 Å². The second-order valence-electron chi connectivity index (χ2n) is 4.58. The van der Waals surface area contributed by atoms with Crippen molar-refractivity contribution in [3.8, 4) is 11.5 Å². The molecule has 0 aliphatic carbocycles. The number of anilines is 1. The van der Waals surface area contributed by atoms with Gasteiger partial charge in [-0.05, 0) is 25.5 Å². The Labute approximate surface area is 122 Å². The highest BCUT2D eigenvalue weighted by molar-refractivity contribution is 5.56. The largest absolute Gasteiger partial charge is 0.455 e. The molecule has 0 atom stereocenters. The van der Waals surface area contributed by atoms with Crippen LogP contribution in [0.4, 0.5) is 11.4 Å². The zero-order chi connectivity index (χ0) is 15.4. The molecule has 0 aliphatic heterocycles. The van der Waals surface area contributed by atoms with Gasteiger partial charge in [0.25, 0.3) is 5.69 Å². The van der Waals surface area contributed by atoms with Crippen molar-refractivity contribution in [2.24, 2.45) is 0 Å². The Balaban J connectivity index is 2.39. The third-order valence-corrected chi connectivity index (χ3v) is 3.03. The van der Waals surface area contributed by atoms with E-state index in [-0.39, 0.29) is 5.69 Å². The Kier molecular flexibility index (Phi) is 4.37. The lowest BCUT2D eigenvalue weighted by Crippen LogP contribution is -1.98. The molecule has 0 aliphatic rings. The summed E-state index contributed by atoms with van der Waals surface area (Å²) in [5.74, 6) is 1.03. The minimum atomic E-state index is -0.443. The number of nitro benzene ring substituents is 1. The van der Waals surface area contributed by atoms with E-state index in [1.54, 1.807) is 13.1 Å². The summed E-state index contributed by atoms with van der Waals surface area (Å²) in [5, 5.41) is 13.8. The second kappa shape index (κ2) is 6.21. The summed E-state index contributed by atoms with van der Waals surface area (Å²) in [6.07, 6.45) is 0.727. The molecule has 1 N–H and O–H groups in total. The van der Waals surface area contributed by atoms with Crippen LogP contribution in [0.2, 0.25) is 0 Å². The van der Waals surface area contributed by atoms with Crippen LogP contribution in [-0.4, -0.2) is 17.0 Å². The van der Waals surface area contributed by atoms with E-state index < -0.39 is 4.92 Å². The molecule has 6 heteroatoms. The number of hydrogen-bond donors (Lipinski definition) is 1. The van der Waals surface area contributed by atoms with Crippen LogP contribution in [0.3, 0.4) is 0 Å². The fourth-order valence-corrected chi connectivity index (χ4v) is 1.96. The third-order valence-electron chi connectivity index (χ3n) is 3.03. The molecule has 0 spiro atoms. The van der Waals surface area contributed by atoms with Gasteiger partial charge in [-0.25, -0.2) is 0 Å². The maximum absolute atomic E-state index is 11.0. The van der Waals surface area contributed by atoms with E-state index in [0.717, 1.165) is 17.8 Å². The molecule has 0 amide bonds. The quantitative estimate of drug-likeness (QED) is 0.670. The molecule has 110 valence electrons. The molecule has 1 heterocycles. The number of ether oxygens (including phenoxy) is 1. The SMILES string of the molecule is CCc1nc(C)ccc1Oc1cc(NC)cc([N+](=O)[O-])c1. The van der Waals surface area contributed by atoms with Gasteiger partial charge in [-0.3, -0.25) is 15.1 Å². The molecular formula is C15H17N3O3. The standard InChI is InChI=1S/C15H17N3O3/c1-4-14-15(6-5-10(2)17-14)21-13-8-11(16-3)7-12(9-13)18(19)20/h5-9,16H,4H2,1-3H3. The molecule has 6 nitrogen and oxygen atoms in total. The van der Waals surface area contributed by atoms with E-state index in [0.29, 0.717) is 17.2 Å². The summed E-state index contributed by atoms with van der Waals surface area (Å²) in [6, 6.07) is 8.26. The van der Waals surface area contributed by atoms with Crippen molar-refractivity contribution in [3.63, 3.8) is 0 Å². The average Bonchev–Trinajstić information content (AvgIpc) is 2.48. The molecule has 1 aromatic carbocycles. The number of nitrogens with one attached hydrogen (secondary N) is 1. The maximum Gasteiger partial charge on any atom is 0.275 e. The molecule has 0 unspecified atom stereocenters. The average molecular weight is 287 g/mol. The Morgan fingerprint density at radius 1 is 1.33 bits per heavy atom. The van der Waals surface area contributed by atoms with Crippen molar-refractivity contribution in [1.82, 2.24) is 4.98 Å². The number of nitro groups is 1. The van der Waals surface area contributed by atoms with Crippen LogP contribution < -0.4 is 10.1 Å². The topological polar surface area (TPSA) is 77.3 Å². The maximum atomic E-state index is 11.0. The van der Waals surface area contributed by atoms with Gasteiger partial charge in [0.05, 0.1) is 16.7 Å². The summed E-state index contributed by atoms with van der Waals surface area (Å²) < 4.78 is 5.78. The predicted molar refractivity (Wildman–Crippen MR) is 81.1 cm³/mol. The molecule has 0 radical (unpaired) electrons. The Hall–Kier alpha value is -2.63. The number of non-ortho nitro benzene ring substituents is 1. The van der Waals surface area contributed by atoms with Crippen molar-refractivity contribution in [2.75, 3.05) is 12.4 Å². The first-order valence-electron chi connectivity index (χ1n) is 6.65. The van der Waals surface area contributed by atoms with Crippen LogP contribution >= 0.6 is 0 Å². The molecule has 2 rings (SSSR count). The predicted octanol–water partition coefficient (Wildman–Crippen LogP) is 3.69. The van der Waals surface area contributed by atoms with E-state index in [4.69, 9.17) is 4.74 Å². The highest BCUT2D eigenvalue weighted by Crippen LogP contribution is 2.31. The first-order valence-corrected chi connectivity index (χ1v) is 6.65. The Morgan fingerprint density at radius 2 is 2.10 bits per heavy atom. The van der Waals surface area contributed by atoms with Crippen LogP contribution in [0, 0.1) is 17.0 Å². The van der Waals surface area contributed by atoms with Crippen LogP contribution in [-0.2, 0) is 6.42 Å². The smallest absolute Gasteiger partial charge is 0.275 e. The van der Waals surface area contributed by atoms with Gasteiger partial charge < -0.3 is 10.1 Å². The van der Waals surface area contributed by atoms with Crippen LogP contribution in [0.25, 0.3) is 0 Å². The van der Waals surface area contributed by atoms with Crippen molar-refractivity contribution in [2.45, 2.75) is 20.3 Å². The highest BCUT2D eigenvalue weighted by atomic mass is 16.6. The number of aryl methyl sites for hydroxylation is 2. The Morgan fingerprint density at radius 3 is 2.71 bits per heavy atom. The molecule has 21 heavy (non-hydrogen) atoms. The van der Waals surface area contributed by atoms with Crippen LogP contribution in [0.5, 0.6) is 11.5 Å². The first-order chi connectivity index (χ1) is 10.0. The van der Waals surface area contributed by atoms with E-state index in [9.17, 15) is 10.1 Å². The normalized spacial score (nSPS) is 10.2. The third kappa shape index (κ3) is 3.47. The van der Waals surface area contributed by atoms with Crippen LogP contribution in [0.1, 0.15) is 18.3 Å². The van der Waals surface area contributed by atoms with Gasteiger partial charge in [-0.15, -0.1) is 0 Å². The van der Waals surface area contributed by atoms with Gasteiger partial charge in [0.1, 0.15) is 11.5 Å². The van der Waals surface area contributed by atoms with Crippen molar-refractivity contribution >= 4 is 11.4 Å². The minimum absolute atomic E-state index is 0.0185. The Bertz CT molecular complexity index is 671. The second-order valence-corrected chi connectivity index (χ2v) is 4.58. The number of rotatable bonds is 5. The molecule has 0 fully saturated rings. The number of hydrogen-bond acceptors (Lipinski definition) is 5. The zero-order valence-corrected chi connectivity index (χ0v) is 12.2. The van der Waals surface area contributed by atoms with Gasteiger partial charge >= 0.3 is 0 Å². The molecule has 1 aromatic heterocycles. The molecule has 0 saturated heterocycles. The minimum Gasteiger partial charge on any atom is -0.455 e. The van der Waals surface area contributed by atoms with Gasteiger partial charge in [0.15, 0.2) is 0 Å². The molecule has 2 aromatic rings. The summed E-state index contributed by atoms with van der Waals surface area (Å²) in [5.41, 5.74) is 2.34. The van der Waals surface area contributed by atoms with Gasteiger partial charge in [0, 0.05) is 30.6 Å². The molecule has 0 bridgehead atoms. The van der Waals surface area contributed by atoms with Crippen molar-refractivity contribution in [1.29, 1.82) is 0 Å². The fourth-order valence-electron chi connectivity index (χ4n) is 1.96. The van der Waals surface area contributed by atoms with E-state index in [1.807, 2.05) is 26.0 Å². The van der Waals surface area contributed by atoms with Crippen molar-refractivity contribution in [3.05, 3.63) is 51.8 Å². The van der Waals surface area contributed by atoms with Gasteiger partial charge in [0.2, 0.25) is 0 Å². The van der Waals surface area contributed by atoms with Crippen LogP contribution in [0.15, 0.2) is 30.3 Å². The lowest BCUT2D eigenvalue weighted by atomic mass is 10.2. The van der Waals surface area contributed by atoms with Gasteiger partial charge in [-0.1, -0.05) is 6.92 Å². The summed E-state index contributed by atoms with van der Waals surface area (Å²) in [4.78, 5) is 14.9. The van der Waals surface area contributed by atoms with Gasteiger partial charge in [-0.2, -0.15) is 0 Å². The summed E-state index contributed by atoms with van der Waals surface area (Å²) in [6.45, 7) is 3.90. The van der Waals surface area contributed by atoms with Crippen molar-refractivity contribution < 1.29 is 9.66 Å². The van der Waals surface area contributed by atoms with E-state index in [1.165, 1.54) is 12.1 Å². The highest BCUT2D eigenvalue weighted by Gasteiger charge is 2.12. The number of aromatic nitrogens is 1. The molecular weight excluding hydrogens is 270 g/mol. The number of pyridine rings is 1. The molecule has 0 saturated carbocycles. The summed E-state index contributed by atoms with van der Waals surface area (Å²) >= 11 is 0. The number of nitrogens with zero attached hydrogens (tertiary/aromatic N) is 2. The zero-order valence-electron chi connectivity index (χ0n) is 12.2. The lowest BCUT2D eigenvalue weighted by molar-refractivity contribution is -0.384. The monoisotopic (exact) mass is 287 g/mol. The summed E-state index contributed by atoms with van der Waals surface area (Å²) in [7, 11) is 1.70. The lowest BCUT2D eigenvalue weighted by Gasteiger charge is -2.11.